The molecule has 0 saturated heterocycles. The summed E-state index contributed by atoms with van der Waals surface area (Å²) in [6.45, 7) is 4.07. The Morgan fingerprint density at radius 3 is 2.25 bits per heavy atom. The number of aryl methyl sites for hydroxylation is 2. The summed E-state index contributed by atoms with van der Waals surface area (Å²) in [5, 5.41) is 7.88. The van der Waals surface area contributed by atoms with Crippen LogP contribution in [0.1, 0.15) is 11.1 Å². The summed E-state index contributed by atoms with van der Waals surface area (Å²) in [6.07, 6.45) is 0. The molecule has 2 rings (SSSR count). The van der Waals surface area contributed by atoms with Gasteiger partial charge in [0.25, 0.3) is 0 Å². The number of rotatable bonds is 2. The van der Waals surface area contributed by atoms with E-state index < -0.39 is 0 Å². The molecule has 0 radical (unpaired) electrons. The Hall–Kier alpha value is -1.29. The molecule has 0 unspecified atom stereocenters. The predicted molar refractivity (Wildman–Crippen MR) is 92.2 cm³/mol. The Kier molecular flexibility index (Phi) is 4.86. The average molecular weight is 325 g/mol. The second-order valence-corrected chi connectivity index (χ2v) is 5.72. The Morgan fingerprint density at radius 2 is 1.65 bits per heavy atom. The molecule has 104 valence electrons. The summed E-state index contributed by atoms with van der Waals surface area (Å²) >= 11 is 17.3. The van der Waals surface area contributed by atoms with Crippen molar-refractivity contribution in [3.05, 3.63) is 57.6 Å². The number of benzene rings is 2. The molecular formula is C15H14Cl2N2S. The van der Waals surface area contributed by atoms with E-state index in [9.17, 15) is 0 Å². The molecule has 2 aromatic carbocycles. The van der Waals surface area contributed by atoms with Crippen LogP contribution >= 0.6 is 35.4 Å². The van der Waals surface area contributed by atoms with Crippen LogP contribution in [0, 0.1) is 13.8 Å². The van der Waals surface area contributed by atoms with Crippen molar-refractivity contribution in [2.75, 3.05) is 10.6 Å². The van der Waals surface area contributed by atoms with Crippen molar-refractivity contribution in [2.24, 2.45) is 0 Å². The molecule has 0 atom stereocenters. The number of thiocarbonyl (C=S) groups is 1. The number of hydrogen-bond acceptors (Lipinski definition) is 1. The second kappa shape index (κ2) is 6.44. The van der Waals surface area contributed by atoms with E-state index >= 15 is 0 Å². The van der Waals surface area contributed by atoms with Gasteiger partial charge in [-0.05, 0) is 55.4 Å². The maximum Gasteiger partial charge on any atom is 0.175 e. The fourth-order valence-electron chi connectivity index (χ4n) is 1.87. The predicted octanol–water partition coefficient (Wildman–Crippen LogP) is 5.42. The van der Waals surface area contributed by atoms with Crippen LogP contribution in [-0.2, 0) is 0 Å². The first-order valence-corrected chi connectivity index (χ1v) is 7.23. The zero-order chi connectivity index (χ0) is 14.7. The van der Waals surface area contributed by atoms with Gasteiger partial charge in [0.1, 0.15) is 0 Å². The molecule has 0 aliphatic carbocycles. The van der Waals surface area contributed by atoms with Crippen LogP contribution in [0.2, 0.25) is 10.0 Å². The normalized spacial score (nSPS) is 10.2. The number of anilines is 2. The van der Waals surface area contributed by atoms with Crippen molar-refractivity contribution in [1.82, 2.24) is 0 Å². The van der Waals surface area contributed by atoms with Crippen molar-refractivity contribution in [3.63, 3.8) is 0 Å². The standard InChI is InChI=1S/C15H14Cl2N2S/c1-9-4-3-5-10(2)14(9)19-15(20)18-13-7-6-11(16)8-12(13)17/h3-8H,1-2H3,(H2,18,19,20). The van der Waals surface area contributed by atoms with Gasteiger partial charge >= 0.3 is 0 Å². The molecule has 0 aromatic heterocycles. The second-order valence-electron chi connectivity index (χ2n) is 4.47. The highest BCUT2D eigenvalue weighted by molar-refractivity contribution is 7.80. The highest BCUT2D eigenvalue weighted by Gasteiger charge is 2.06. The average Bonchev–Trinajstić information content (AvgIpc) is 2.37. The molecule has 0 spiro atoms. The first-order chi connectivity index (χ1) is 9.47. The summed E-state index contributed by atoms with van der Waals surface area (Å²) in [6, 6.07) is 11.3. The summed E-state index contributed by atoms with van der Waals surface area (Å²) in [5.74, 6) is 0. The van der Waals surface area contributed by atoms with Crippen LogP contribution in [-0.4, -0.2) is 5.11 Å². The van der Waals surface area contributed by atoms with Crippen LogP contribution in [0.5, 0.6) is 0 Å². The van der Waals surface area contributed by atoms with Gasteiger partial charge in [-0.3, -0.25) is 0 Å². The van der Waals surface area contributed by atoms with E-state index in [1.165, 1.54) is 0 Å². The third kappa shape index (κ3) is 3.63. The SMILES string of the molecule is Cc1cccc(C)c1NC(=S)Nc1ccc(Cl)cc1Cl. The Bertz CT molecular complexity index is 636. The first kappa shape index (κ1) is 15.1. The van der Waals surface area contributed by atoms with Gasteiger partial charge in [0, 0.05) is 10.7 Å². The zero-order valence-electron chi connectivity index (χ0n) is 11.1. The Morgan fingerprint density at radius 1 is 1.00 bits per heavy atom. The quantitative estimate of drug-likeness (QED) is 0.721. The van der Waals surface area contributed by atoms with Gasteiger partial charge in [0.05, 0.1) is 10.7 Å². The summed E-state index contributed by atoms with van der Waals surface area (Å²) in [5.41, 5.74) is 4.00. The van der Waals surface area contributed by atoms with Crippen molar-refractivity contribution in [1.29, 1.82) is 0 Å². The van der Waals surface area contributed by atoms with E-state index in [2.05, 4.69) is 10.6 Å². The minimum atomic E-state index is 0.492. The van der Waals surface area contributed by atoms with E-state index in [0.717, 1.165) is 22.5 Å². The van der Waals surface area contributed by atoms with Gasteiger partial charge < -0.3 is 10.6 Å². The van der Waals surface area contributed by atoms with Crippen LogP contribution in [0.3, 0.4) is 0 Å². The van der Waals surface area contributed by atoms with Gasteiger partial charge in [0.15, 0.2) is 5.11 Å². The summed E-state index contributed by atoms with van der Waals surface area (Å²) in [7, 11) is 0. The molecule has 0 bridgehead atoms. The largest absolute Gasteiger partial charge is 0.332 e. The third-order valence-electron chi connectivity index (χ3n) is 2.90. The number of halogens is 2. The lowest BCUT2D eigenvalue weighted by molar-refractivity contribution is 1.37. The van der Waals surface area contributed by atoms with Crippen molar-refractivity contribution >= 4 is 51.9 Å². The maximum atomic E-state index is 6.10. The van der Waals surface area contributed by atoms with Gasteiger partial charge in [0.2, 0.25) is 0 Å². The van der Waals surface area contributed by atoms with Crippen LogP contribution in [0.25, 0.3) is 0 Å². The molecule has 0 amide bonds. The number of hydrogen-bond donors (Lipinski definition) is 2. The van der Waals surface area contributed by atoms with Crippen LogP contribution in [0.15, 0.2) is 36.4 Å². The van der Waals surface area contributed by atoms with Crippen LogP contribution in [0.4, 0.5) is 11.4 Å². The van der Waals surface area contributed by atoms with Gasteiger partial charge in [-0.1, -0.05) is 41.4 Å². The molecule has 0 aliphatic rings. The molecule has 20 heavy (non-hydrogen) atoms. The number of para-hydroxylation sites is 1. The highest BCUT2D eigenvalue weighted by Crippen LogP contribution is 2.26. The molecule has 0 heterocycles. The van der Waals surface area contributed by atoms with E-state index in [4.69, 9.17) is 35.4 Å². The Balaban J connectivity index is 2.13. The fraction of sp³-hybridized carbons (Fsp3) is 0.133. The monoisotopic (exact) mass is 324 g/mol. The van der Waals surface area contributed by atoms with Crippen LogP contribution < -0.4 is 10.6 Å². The lowest BCUT2D eigenvalue weighted by atomic mass is 10.1. The molecule has 2 aromatic rings. The smallest absolute Gasteiger partial charge is 0.175 e. The van der Waals surface area contributed by atoms with E-state index in [1.54, 1.807) is 18.2 Å². The van der Waals surface area contributed by atoms with Crippen molar-refractivity contribution in [3.8, 4) is 0 Å². The van der Waals surface area contributed by atoms with Crippen molar-refractivity contribution < 1.29 is 0 Å². The van der Waals surface area contributed by atoms with Gasteiger partial charge in [-0.2, -0.15) is 0 Å². The minimum Gasteiger partial charge on any atom is -0.332 e. The van der Waals surface area contributed by atoms with Crippen molar-refractivity contribution in [2.45, 2.75) is 13.8 Å². The highest BCUT2D eigenvalue weighted by atomic mass is 35.5. The lowest BCUT2D eigenvalue weighted by Crippen LogP contribution is -2.20. The maximum absolute atomic E-state index is 6.10. The fourth-order valence-corrected chi connectivity index (χ4v) is 2.54. The van der Waals surface area contributed by atoms with E-state index in [-0.39, 0.29) is 0 Å². The molecule has 0 aliphatic heterocycles. The molecule has 0 fully saturated rings. The van der Waals surface area contributed by atoms with E-state index in [1.807, 2.05) is 32.0 Å². The summed E-state index contributed by atoms with van der Waals surface area (Å²) < 4.78 is 0. The summed E-state index contributed by atoms with van der Waals surface area (Å²) in [4.78, 5) is 0. The zero-order valence-corrected chi connectivity index (χ0v) is 13.5. The molecular weight excluding hydrogens is 311 g/mol. The van der Waals surface area contributed by atoms with E-state index in [0.29, 0.717) is 15.2 Å². The Labute approximate surface area is 134 Å². The molecule has 5 heteroatoms. The minimum absolute atomic E-state index is 0.492. The topological polar surface area (TPSA) is 24.1 Å². The lowest BCUT2D eigenvalue weighted by Gasteiger charge is -2.15. The molecule has 0 saturated carbocycles. The molecule has 2 nitrogen and oxygen atoms in total. The first-order valence-electron chi connectivity index (χ1n) is 6.06. The number of nitrogens with one attached hydrogen (secondary N) is 2. The van der Waals surface area contributed by atoms with Gasteiger partial charge in [-0.25, -0.2) is 0 Å². The third-order valence-corrected chi connectivity index (χ3v) is 3.65. The molecule has 2 N–H and O–H groups in total. The van der Waals surface area contributed by atoms with Gasteiger partial charge in [-0.15, -0.1) is 0 Å².